The van der Waals surface area contributed by atoms with Crippen LogP contribution in [-0.4, -0.2) is 61.6 Å². The molecule has 0 saturated carbocycles. The van der Waals surface area contributed by atoms with Crippen molar-refractivity contribution in [3.8, 4) is 0 Å². The molecule has 0 unspecified atom stereocenters. The fourth-order valence-corrected chi connectivity index (χ4v) is 3.67. The van der Waals surface area contributed by atoms with Gasteiger partial charge in [-0.25, -0.2) is 4.79 Å². The largest absolute Gasteiger partial charge is 0.466 e. The molecule has 0 bridgehead atoms. The average molecular weight is 387 g/mol. The van der Waals surface area contributed by atoms with Crippen molar-refractivity contribution in [3.63, 3.8) is 0 Å². The monoisotopic (exact) mass is 387 g/mol. The maximum atomic E-state index is 12.7. The molecule has 2 aliphatic heterocycles. The summed E-state index contributed by atoms with van der Waals surface area (Å²) in [7, 11) is 3.01. The number of amides is 2. The lowest BCUT2D eigenvalue weighted by atomic mass is 9.77. The van der Waals surface area contributed by atoms with Gasteiger partial charge < -0.3 is 25.0 Å². The third-order valence-corrected chi connectivity index (χ3v) is 5.28. The van der Waals surface area contributed by atoms with Crippen LogP contribution in [0.15, 0.2) is 29.5 Å². The summed E-state index contributed by atoms with van der Waals surface area (Å²) >= 11 is 0. The van der Waals surface area contributed by atoms with Crippen molar-refractivity contribution in [3.05, 3.63) is 35.0 Å². The van der Waals surface area contributed by atoms with Crippen LogP contribution < -0.4 is 10.2 Å². The summed E-state index contributed by atoms with van der Waals surface area (Å²) < 4.78 is 4.80. The molecular weight excluding hydrogens is 362 g/mol. The van der Waals surface area contributed by atoms with E-state index < -0.39 is 5.97 Å². The highest BCUT2D eigenvalue weighted by Gasteiger charge is 2.37. The highest BCUT2D eigenvalue weighted by Crippen LogP contribution is 2.41. The number of hydrogen-bond donors (Lipinski definition) is 2. The number of methoxy groups -OCH3 is 1. The molecule has 0 spiro atoms. The minimum absolute atomic E-state index is 0.0551. The summed E-state index contributed by atoms with van der Waals surface area (Å²) in [5, 5.41) is 12.2. The maximum Gasteiger partial charge on any atom is 0.337 e. The highest BCUT2D eigenvalue weighted by atomic mass is 16.5. The maximum absolute atomic E-state index is 12.7. The minimum Gasteiger partial charge on any atom is -0.466 e. The number of esters is 1. The molecule has 2 aliphatic rings. The number of hydrogen-bond acceptors (Lipinski definition) is 6. The van der Waals surface area contributed by atoms with E-state index >= 15 is 0 Å². The van der Waals surface area contributed by atoms with Crippen molar-refractivity contribution in [1.29, 1.82) is 0 Å². The molecule has 0 saturated heterocycles. The van der Waals surface area contributed by atoms with E-state index in [0.717, 1.165) is 11.3 Å². The van der Waals surface area contributed by atoms with Crippen LogP contribution in [0.25, 0.3) is 0 Å². The molecule has 2 amide bonds. The van der Waals surface area contributed by atoms with Crippen LogP contribution >= 0.6 is 0 Å². The van der Waals surface area contributed by atoms with Gasteiger partial charge in [0.25, 0.3) is 5.91 Å². The highest BCUT2D eigenvalue weighted by molar-refractivity contribution is 6.08. The summed E-state index contributed by atoms with van der Waals surface area (Å²) in [6, 6.07) is 5.51. The molecule has 1 aromatic carbocycles. The molecule has 0 fully saturated rings. The number of nitrogens with zero attached hydrogens (tertiary/aromatic N) is 2. The van der Waals surface area contributed by atoms with Crippen molar-refractivity contribution in [1.82, 2.24) is 4.90 Å². The van der Waals surface area contributed by atoms with E-state index in [0.29, 0.717) is 12.1 Å². The molecule has 0 aliphatic carbocycles. The first kappa shape index (κ1) is 19.9. The van der Waals surface area contributed by atoms with Gasteiger partial charge in [-0.15, -0.1) is 0 Å². The lowest BCUT2D eigenvalue weighted by Crippen LogP contribution is -2.39. The second kappa shape index (κ2) is 7.27. The Morgan fingerprint density at radius 3 is 2.68 bits per heavy atom. The summed E-state index contributed by atoms with van der Waals surface area (Å²) in [4.78, 5) is 40.0. The van der Waals surface area contributed by atoms with Gasteiger partial charge in [-0.1, -0.05) is 13.8 Å². The normalized spacial score (nSPS) is 18.5. The average Bonchev–Trinajstić information content (AvgIpc) is 2.95. The Morgan fingerprint density at radius 2 is 2.04 bits per heavy atom. The van der Waals surface area contributed by atoms with Gasteiger partial charge in [0.2, 0.25) is 5.91 Å². The van der Waals surface area contributed by atoms with Crippen LogP contribution in [0.2, 0.25) is 0 Å². The zero-order valence-electron chi connectivity index (χ0n) is 16.5. The first-order chi connectivity index (χ1) is 13.2. The van der Waals surface area contributed by atoms with Crippen molar-refractivity contribution >= 4 is 29.2 Å². The summed E-state index contributed by atoms with van der Waals surface area (Å²) in [5.74, 6) is -0.891. The number of rotatable bonds is 5. The molecule has 28 heavy (non-hydrogen) atoms. The van der Waals surface area contributed by atoms with Gasteiger partial charge in [0, 0.05) is 36.8 Å². The Labute approximate surface area is 163 Å². The molecule has 8 nitrogen and oxygen atoms in total. The van der Waals surface area contributed by atoms with Gasteiger partial charge in [0.1, 0.15) is 5.70 Å². The molecule has 0 aromatic heterocycles. The van der Waals surface area contributed by atoms with Crippen LogP contribution in [0.5, 0.6) is 0 Å². The number of carbonyl (C=O) groups excluding carboxylic acids is 3. The van der Waals surface area contributed by atoms with Crippen LogP contribution in [-0.2, 0) is 24.5 Å². The standard InChI is InChI=1S/C20H25N3O5/c1-20(2)10-16(25)22(3)15-6-5-12(9-14(15)20)21-17-13(19(27)28-4)11-23(7-8-24)18(17)26/h5-6,9,21,24H,7-8,10-11H2,1-4H3. The van der Waals surface area contributed by atoms with E-state index in [1.807, 2.05) is 26.0 Å². The van der Waals surface area contributed by atoms with Crippen molar-refractivity contribution in [2.45, 2.75) is 25.7 Å². The van der Waals surface area contributed by atoms with E-state index in [4.69, 9.17) is 9.84 Å². The van der Waals surface area contributed by atoms with E-state index in [1.54, 1.807) is 18.0 Å². The zero-order chi connectivity index (χ0) is 20.6. The minimum atomic E-state index is -0.583. The fourth-order valence-electron chi connectivity index (χ4n) is 3.67. The van der Waals surface area contributed by atoms with E-state index in [9.17, 15) is 14.4 Å². The van der Waals surface area contributed by atoms with Crippen LogP contribution in [0.4, 0.5) is 11.4 Å². The van der Waals surface area contributed by atoms with Crippen LogP contribution in [0.3, 0.4) is 0 Å². The smallest absolute Gasteiger partial charge is 0.337 e. The summed E-state index contributed by atoms with van der Waals surface area (Å²) in [6.45, 7) is 4.03. The Kier molecular flexibility index (Phi) is 5.16. The van der Waals surface area contributed by atoms with Gasteiger partial charge in [-0.2, -0.15) is 0 Å². The first-order valence-corrected chi connectivity index (χ1v) is 9.09. The molecule has 2 heterocycles. The predicted molar refractivity (Wildman–Crippen MR) is 104 cm³/mol. The third kappa shape index (κ3) is 3.35. The Hall–Kier alpha value is -2.87. The van der Waals surface area contributed by atoms with Gasteiger partial charge in [-0.3, -0.25) is 9.59 Å². The molecule has 0 radical (unpaired) electrons. The zero-order valence-corrected chi connectivity index (χ0v) is 16.5. The first-order valence-electron chi connectivity index (χ1n) is 9.09. The molecular formula is C20H25N3O5. The lowest BCUT2D eigenvalue weighted by molar-refractivity contribution is -0.136. The van der Waals surface area contributed by atoms with Crippen LogP contribution in [0, 0.1) is 0 Å². The number of carbonyl (C=O) groups is 3. The number of ether oxygens (including phenoxy) is 1. The molecule has 3 rings (SSSR count). The third-order valence-electron chi connectivity index (χ3n) is 5.28. The number of β-amino-alcohol motifs (C(OH)–C–C–N with tert-alkyl or cyclic N) is 1. The van der Waals surface area contributed by atoms with E-state index in [1.165, 1.54) is 12.0 Å². The van der Waals surface area contributed by atoms with Crippen LogP contribution in [0.1, 0.15) is 25.8 Å². The topological polar surface area (TPSA) is 99.2 Å². The SMILES string of the molecule is COC(=O)C1=C(Nc2ccc3c(c2)C(C)(C)CC(=O)N3C)C(=O)N(CCO)C1. The Bertz CT molecular complexity index is 875. The fraction of sp³-hybridized carbons (Fsp3) is 0.450. The molecule has 1 aromatic rings. The molecule has 150 valence electrons. The Balaban J connectivity index is 1.97. The second-order valence-electron chi connectivity index (χ2n) is 7.67. The number of fused-ring (bicyclic) bond motifs is 1. The number of anilines is 2. The van der Waals surface area contributed by atoms with Crippen molar-refractivity contribution < 1.29 is 24.2 Å². The lowest BCUT2D eigenvalue weighted by Gasteiger charge is -2.37. The quantitative estimate of drug-likeness (QED) is 0.732. The van der Waals surface area contributed by atoms with Gasteiger partial charge in [0.05, 0.1) is 25.8 Å². The molecule has 0 atom stereocenters. The Morgan fingerprint density at radius 1 is 1.32 bits per heavy atom. The van der Waals surface area contributed by atoms with Gasteiger partial charge >= 0.3 is 5.97 Å². The van der Waals surface area contributed by atoms with Gasteiger partial charge in [-0.05, 0) is 23.8 Å². The molecule has 2 N–H and O–H groups in total. The van der Waals surface area contributed by atoms with E-state index in [-0.39, 0.29) is 48.2 Å². The second-order valence-corrected chi connectivity index (χ2v) is 7.67. The summed E-state index contributed by atoms with van der Waals surface area (Å²) in [5.41, 5.74) is 2.48. The number of aliphatic hydroxyl groups is 1. The predicted octanol–water partition coefficient (Wildman–Crippen LogP) is 1.00. The van der Waals surface area contributed by atoms with Gasteiger partial charge in [0.15, 0.2) is 0 Å². The number of aliphatic hydroxyl groups excluding tert-OH is 1. The van der Waals surface area contributed by atoms with E-state index in [2.05, 4.69) is 5.32 Å². The summed E-state index contributed by atoms with van der Waals surface area (Å²) in [6.07, 6.45) is 0.388. The number of benzene rings is 1. The molecule has 8 heteroatoms. The number of nitrogens with one attached hydrogen (secondary N) is 1. The van der Waals surface area contributed by atoms with Crippen molar-refractivity contribution in [2.75, 3.05) is 44.1 Å². The van der Waals surface area contributed by atoms with Crippen molar-refractivity contribution in [2.24, 2.45) is 0 Å².